The Kier molecular flexibility index (Phi) is 5.12. The second-order valence-corrected chi connectivity index (χ2v) is 3.80. The zero-order valence-electron chi connectivity index (χ0n) is 9.40. The van der Waals surface area contributed by atoms with Gasteiger partial charge in [0, 0.05) is 0 Å². The minimum Gasteiger partial charge on any atom is -0.494 e. The van der Waals surface area contributed by atoms with E-state index in [0.29, 0.717) is 13.0 Å². The Bertz CT molecular complexity index is 335. The lowest BCUT2D eigenvalue weighted by Gasteiger charge is -2.08. The van der Waals surface area contributed by atoms with E-state index < -0.39 is 11.3 Å². The third-order valence-corrected chi connectivity index (χ3v) is 2.44. The van der Waals surface area contributed by atoms with Gasteiger partial charge in [-0.1, -0.05) is 12.1 Å². The van der Waals surface area contributed by atoms with Crippen molar-refractivity contribution >= 4 is 17.6 Å². The SMILES string of the molecule is CCOc1ccc(CC(Cl)C(=O)OC)cc1. The molecule has 1 atom stereocenters. The largest absolute Gasteiger partial charge is 0.494 e. The third kappa shape index (κ3) is 3.74. The highest BCUT2D eigenvalue weighted by Crippen LogP contribution is 2.15. The van der Waals surface area contributed by atoms with Gasteiger partial charge in [0.2, 0.25) is 0 Å². The number of halogens is 1. The van der Waals surface area contributed by atoms with Crippen LogP contribution in [0.4, 0.5) is 0 Å². The summed E-state index contributed by atoms with van der Waals surface area (Å²) in [4.78, 5) is 11.1. The Morgan fingerprint density at radius 3 is 2.50 bits per heavy atom. The van der Waals surface area contributed by atoms with Crippen LogP contribution < -0.4 is 4.74 Å². The molecule has 0 amide bonds. The molecule has 4 heteroatoms. The highest BCUT2D eigenvalue weighted by molar-refractivity contribution is 6.30. The molecule has 0 radical (unpaired) electrons. The van der Waals surface area contributed by atoms with Gasteiger partial charge in [-0.05, 0) is 31.0 Å². The molecule has 0 aromatic heterocycles. The van der Waals surface area contributed by atoms with Crippen molar-refractivity contribution in [3.05, 3.63) is 29.8 Å². The molecule has 0 saturated heterocycles. The Morgan fingerprint density at radius 2 is 2.00 bits per heavy atom. The normalized spacial score (nSPS) is 11.9. The average Bonchev–Trinajstić information content (AvgIpc) is 2.31. The van der Waals surface area contributed by atoms with E-state index in [-0.39, 0.29) is 0 Å². The Labute approximate surface area is 100 Å². The molecule has 0 N–H and O–H groups in total. The van der Waals surface area contributed by atoms with E-state index >= 15 is 0 Å². The summed E-state index contributed by atoms with van der Waals surface area (Å²) in [6, 6.07) is 7.51. The van der Waals surface area contributed by atoms with Crippen molar-refractivity contribution in [1.82, 2.24) is 0 Å². The third-order valence-electron chi connectivity index (χ3n) is 2.11. The van der Waals surface area contributed by atoms with Crippen LogP contribution in [0.1, 0.15) is 12.5 Å². The zero-order valence-corrected chi connectivity index (χ0v) is 10.2. The maximum Gasteiger partial charge on any atom is 0.324 e. The van der Waals surface area contributed by atoms with Gasteiger partial charge in [-0.2, -0.15) is 0 Å². The number of hydrogen-bond acceptors (Lipinski definition) is 3. The number of methoxy groups -OCH3 is 1. The number of rotatable bonds is 5. The molecule has 0 heterocycles. The molecule has 1 aromatic rings. The quantitative estimate of drug-likeness (QED) is 0.588. The number of carbonyl (C=O) groups is 1. The smallest absolute Gasteiger partial charge is 0.324 e. The molecular weight excluding hydrogens is 228 g/mol. The average molecular weight is 243 g/mol. The van der Waals surface area contributed by atoms with E-state index in [1.54, 1.807) is 0 Å². The predicted octanol–water partition coefficient (Wildman–Crippen LogP) is 2.41. The summed E-state index contributed by atoms with van der Waals surface area (Å²) in [6.45, 7) is 2.57. The van der Waals surface area contributed by atoms with Gasteiger partial charge in [0.25, 0.3) is 0 Å². The zero-order chi connectivity index (χ0) is 12.0. The van der Waals surface area contributed by atoms with Gasteiger partial charge in [-0.15, -0.1) is 11.6 Å². The van der Waals surface area contributed by atoms with Crippen molar-refractivity contribution in [1.29, 1.82) is 0 Å². The molecule has 0 spiro atoms. The molecule has 88 valence electrons. The summed E-state index contributed by atoms with van der Waals surface area (Å²) in [5.74, 6) is 0.408. The maximum atomic E-state index is 11.1. The molecular formula is C12H15ClO3. The van der Waals surface area contributed by atoms with Crippen LogP contribution in [0.2, 0.25) is 0 Å². The molecule has 0 aliphatic heterocycles. The first-order chi connectivity index (χ1) is 7.67. The van der Waals surface area contributed by atoms with Gasteiger partial charge in [-0.25, -0.2) is 0 Å². The number of benzene rings is 1. The second kappa shape index (κ2) is 6.38. The standard InChI is InChI=1S/C12H15ClO3/c1-3-16-10-6-4-9(5-7-10)8-11(13)12(14)15-2/h4-7,11H,3,8H2,1-2H3. The summed E-state index contributed by atoms with van der Waals surface area (Å²) in [7, 11) is 1.33. The van der Waals surface area contributed by atoms with Crippen LogP contribution in [0.5, 0.6) is 5.75 Å². The minimum absolute atomic E-state index is 0.407. The molecule has 0 bridgehead atoms. The lowest BCUT2D eigenvalue weighted by atomic mass is 10.1. The first kappa shape index (κ1) is 12.8. The van der Waals surface area contributed by atoms with Crippen LogP contribution in [-0.2, 0) is 16.0 Å². The van der Waals surface area contributed by atoms with E-state index in [1.807, 2.05) is 31.2 Å². The number of hydrogen-bond donors (Lipinski definition) is 0. The van der Waals surface area contributed by atoms with Crippen molar-refractivity contribution in [3.8, 4) is 5.75 Å². The van der Waals surface area contributed by atoms with Crippen molar-refractivity contribution in [2.75, 3.05) is 13.7 Å². The van der Waals surface area contributed by atoms with E-state index in [9.17, 15) is 4.79 Å². The predicted molar refractivity (Wildman–Crippen MR) is 63.0 cm³/mol. The first-order valence-corrected chi connectivity index (χ1v) is 5.54. The van der Waals surface area contributed by atoms with Gasteiger partial charge in [0.15, 0.2) is 0 Å². The number of esters is 1. The topological polar surface area (TPSA) is 35.5 Å². The van der Waals surface area contributed by atoms with E-state index in [4.69, 9.17) is 16.3 Å². The van der Waals surface area contributed by atoms with Crippen molar-refractivity contribution < 1.29 is 14.3 Å². The molecule has 1 rings (SSSR count). The summed E-state index contributed by atoms with van der Waals surface area (Å²) in [6.07, 6.45) is 0.459. The lowest BCUT2D eigenvalue weighted by molar-refractivity contribution is -0.140. The summed E-state index contributed by atoms with van der Waals surface area (Å²) < 4.78 is 9.86. The molecule has 1 unspecified atom stereocenters. The van der Waals surface area contributed by atoms with E-state index in [1.165, 1.54) is 7.11 Å². The minimum atomic E-state index is -0.636. The van der Waals surface area contributed by atoms with Crippen LogP contribution in [0.15, 0.2) is 24.3 Å². The first-order valence-electron chi connectivity index (χ1n) is 5.11. The highest BCUT2D eigenvalue weighted by Gasteiger charge is 2.15. The fourth-order valence-corrected chi connectivity index (χ4v) is 1.57. The van der Waals surface area contributed by atoms with Gasteiger partial charge in [0.05, 0.1) is 13.7 Å². The second-order valence-electron chi connectivity index (χ2n) is 3.27. The van der Waals surface area contributed by atoms with Crippen LogP contribution in [0.25, 0.3) is 0 Å². The van der Waals surface area contributed by atoms with Crippen LogP contribution in [0.3, 0.4) is 0 Å². The summed E-state index contributed by atoms with van der Waals surface area (Å²) in [5.41, 5.74) is 0.980. The number of alkyl halides is 1. The Hall–Kier alpha value is -1.22. The fraction of sp³-hybridized carbons (Fsp3) is 0.417. The van der Waals surface area contributed by atoms with E-state index in [2.05, 4.69) is 4.74 Å². The summed E-state index contributed by atoms with van der Waals surface area (Å²) in [5, 5.41) is -0.636. The fourth-order valence-electron chi connectivity index (χ4n) is 1.31. The lowest BCUT2D eigenvalue weighted by Crippen LogP contribution is -2.18. The highest BCUT2D eigenvalue weighted by atomic mass is 35.5. The van der Waals surface area contributed by atoms with Crippen molar-refractivity contribution in [2.45, 2.75) is 18.7 Å². The molecule has 3 nitrogen and oxygen atoms in total. The van der Waals surface area contributed by atoms with Crippen molar-refractivity contribution in [3.63, 3.8) is 0 Å². The Balaban J connectivity index is 2.58. The van der Waals surface area contributed by atoms with Gasteiger partial charge >= 0.3 is 5.97 Å². The number of carbonyl (C=O) groups excluding carboxylic acids is 1. The molecule has 0 aliphatic carbocycles. The number of ether oxygens (including phenoxy) is 2. The van der Waals surface area contributed by atoms with Gasteiger partial charge < -0.3 is 9.47 Å². The van der Waals surface area contributed by atoms with Crippen molar-refractivity contribution in [2.24, 2.45) is 0 Å². The van der Waals surface area contributed by atoms with Crippen LogP contribution in [-0.4, -0.2) is 25.1 Å². The van der Waals surface area contributed by atoms with Gasteiger partial charge in [-0.3, -0.25) is 4.79 Å². The molecule has 16 heavy (non-hydrogen) atoms. The van der Waals surface area contributed by atoms with Crippen LogP contribution >= 0.6 is 11.6 Å². The summed E-state index contributed by atoms with van der Waals surface area (Å²) >= 11 is 5.86. The van der Waals surface area contributed by atoms with Crippen LogP contribution in [0, 0.1) is 0 Å². The Morgan fingerprint density at radius 1 is 1.38 bits per heavy atom. The molecule has 1 aromatic carbocycles. The molecule has 0 saturated carbocycles. The van der Waals surface area contributed by atoms with Gasteiger partial charge in [0.1, 0.15) is 11.1 Å². The van der Waals surface area contributed by atoms with E-state index in [0.717, 1.165) is 11.3 Å². The molecule has 0 aliphatic rings. The maximum absolute atomic E-state index is 11.1. The monoisotopic (exact) mass is 242 g/mol. The molecule has 0 fully saturated rings.